The Bertz CT molecular complexity index is 330. The fourth-order valence-electron chi connectivity index (χ4n) is 1.27. The monoisotopic (exact) mass is 207 g/mol. The van der Waals surface area contributed by atoms with Crippen molar-refractivity contribution >= 4 is 18.5 Å². The first-order valence-electron chi connectivity index (χ1n) is 4.74. The first kappa shape index (κ1) is 11.3. The summed E-state index contributed by atoms with van der Waals surface area (Å²) in [7, 11) is 0. The van der Waals surface area contributed by atoms with E-state index in [9.17, 15) is 0 Å². The second-order valence-corrected chi connectivity index (χ2v) is 4.71. The van der Waals surface area contributed by atoms with Gasteiger partial charge in [0.05, 0.1) is 5.71 Å². The van der Waals surface area contributed by atoms with Gasteiger partial charge >= 0.3 is 0 Å². The Labute approximate surface area is 91.8 Å². The number of nitrogens with zero attached hydrogens (tertiary/aromatic N) is 1. The second-order valence-electron chi connectivity index (χ2n) is 4.51. The SMILES string of the molecule is C/C(=N\S)c1ccc(C(C)(C)C)cc1. The standard InChI is InChI=1S/C12H17NS/c1-9(13-14)10-5-7-11(8-6-10)12(2,3)4/h5-8,14H,1-4H3/b13-9+. The second kappa shape index (κ2) is 4.18. The third-order valence-corrected chi connectivity index (χ3v) is 2.62. The molecule has 0 unspecified atom stereocenters. The van der Waals surface area contributed by atoms with E-state index in [0.717, 1.165) is 11.3 Å². The molecule has 0 aliphatic heterocycles. The smallest absolute Gasteiger partial charge is 0.0525 e. The molecular formula is C12H17NS. The van der Waals surface area contributed by atoms with E-state index in [1.54, 1.807) is 0 Å². The van der Waals surface area contributed by atoms with Crippen LogP contribution in [0.2, 0.25) is 0 Å². The minimum Gasteiger partial charge on any atom is -0.224 e. The van der Waals surface area contributed by atoms with E-state index < -0.39 is 0 Å². The van der Waals surface area contributed by atoms with E-state index in [2.05, 4.69) is 62.2 Å². The highest BCUT2D eigenvalue weighted by molar-refractivity contribution is 7.79. The maximum absolute atomic E-state index is 3.90. The van der Waals surface area contributed by atoms with Gasteiger partial charge in [-0.3, -0.25) is 0 Å². The normalized spacial score (nSPS) is 13.1. The van der Waals surface area contributed by atoms with Gasteiger partial charge in [0, 0.05) is 0 Å². The Morgan fingerprint density at radius 2 is 1.64 bits per heavy atom. The first-order valence-corrected chi connectivity index (χ1v) is 5.14. The lowest BCUT2D eigenvalue weighted by atomic mass is 9.86. The molecule has 0 fully saturated rings. The fourth-order valence-corrected chi connectivity index (χ4v) is 1.38. The molecule has 76 valence electrons. The molecule has 14 heavy (non-hydrogen) atoms. The van der Waals surface area contributed by atoms with Gasteiger partial charge in [0.25, 0.3) is 0 Å². The van der Waals surface area contributed by atoms with Crippen LogP contribution in [0.5, 0.6) is 0 Å². The summed E-state index contributed by atoms with van der Waals surface area (Å²) in [5.41, 5.74) is 3.64. The van der Waals surface area contributed by atoms with Gasteiger partial charge in [-0.1, -0.05) is 45.0 Å². The zero-order valence-electron chi connectivity index (χ0n) is 9.20. The molecular weight excluding hydrogens is 190 g/mol. The van der Waals surface area contributed by atoms with Crippen molar-refractivity contribution in [2.75, 3.05) is 0 Å². The molecule has 1 aromatic carbocycles. The molecule has 2 heteroatoms. The molecule has 0 aliphatic carbocycles. The first-order chi connectivity index (χ1) is 6.45. The van der Waals surface area contributed by atoms with Gasteiger partial charge in [-0.15, -0.1) is 0 Å². The number of rotatable bonds is 1. The van der Waals surface area contributed by atoms with Crippen LogP contribution < -0.4 is 0 Å². The maximum atomic E-state index is 3.90. The van der Waals surface area contributed by atoms with E-state index in [1.165, 1.54) is 5.56 Å². The molecule has 1 aromatic rings. The Morgan fingerprint density at radius 1 is 1.14 bits per heavy atom. The highest BCUT2D eigenvalue weighted by Gasteiger charge is 2.12. The Balaban J connectivity index is 3.01. The zero-order chi connectivity index (χ0) is 10.8. The third kappa shape index (κ3) is 2.61. The molecule has 0 aliphatic rings. The van der Waals surface area contributed by atoms with Crippen molar-refractivity contribution < 1.29 is 0 Å². The van der Waals surface area contributed by atoms with Crippen molar-refractivity contribution in [3.63, 3.8) is 0 Å². The topological polar surface area (TPSA) is 12.4 Å². The molecule has 0 N–H and O–H groups in total. The van der Waals surface area contributed by atoms with Gasteiger partial charge in [-0.2, -0.15) is 0 Å². The van der Waals surface area contributed by atoms with Gasteiger partial charge in [-0.05, 0) is 36.3 Å². The number of thiol groups is 1. The van der Waals surface area contributed by atoms with Crippen LogP contribution in [-0.4, -0.2) is 5.71 Å². The van der Waals surface area contributed by atoms with Gasteiger partial charge in [0.2, 0.25) is 0 Å². The summed E-state index contributed by atoms with van der Waals surface area (Å²) in [6.45, 7) is 8.59. The molecule has 0 saturated heterocycles. The molecule has 0 aromatic heterocycles. The van der Waals surface area contributed by atoms with E-state index >= 15 is 0 Å². The Kier molecular flexibility index (Phi) is 3.38. The van der Waals surface area contributed by atoms with Crippen LogP contribution in [0, 0.1) is 0 Å². The third-order valence-electron chi connectivity index (χ3n) is 2.32. The predicted octanol–water partition coefficient (Wildman–Crippen LogP) is 3.64. The van der Waals surface area contributed by atoms with Crippen molar-refractivity contribution in [1.29, 1.82) is 0 Å². The lowest BCUT2D eigenvalue weighted by molar-refractivity contribution is 0.590. The lowest BCUT2D eigenvalue weighted by Gasteiger charge is -2.19. The van der Waals surface area contributed by atoms with Gasteiger partial charge in [-0.25, -0.2) is 4.40 Å². The summed E-state index contributed by atoms with van der Waals surface area (Å²) in [5.74, 6) is 0. The summed E-state index contributed by atoms with van der Waals surface area (Å²) in [4.78, 5) is 0. The molecule has 0 saturated carbocycles. The molecule has 1 rings (SSSR count). The number of hydrogen-bond donors (Lipinski definition) is 1. The van der Waals surface area contributed by atoms with Gasteiger partial charge < -0.3 is 0 Å². The average Bonchev–Trinajstić information content (AvgIpc) is 2.15. The van der Waals surface area contributed by atoms with E-state index in [1.807, 2.05) is 6.92 Å². The van der Waals surface area contributed by atoms with E-state index in [-0.39, 0.29) is 5.41 Å². The molecule has 0 atom stereocenters. The fraction of sp³-hybridized carbons (Fsp3) is 0.417. The largest absolute Gasteiger partial charge is 0.224 e. The van der Waals surface area contributed by atoms with Crippen molar-refractivity contribution in [2.24, 2.45) is 4.40 Å². The van der Waals surface area contributed by atoms with Crippen LogP contribution >= 0.6 is 12.8 Å². The summed E-state index contributed by atoms with van der Waals surface area (Å²) >= 11 is 3.90. The van der Waals surface area contributed by atoms with Gasteiger partial charge in [0.1, 0.15) is 0 Å². The molecule has 0 heterocycles. The molecule has 0 radical (unpaired) electrons. The minimum atomic E-state index is 0.213. The van der Waals surface area contributed by atoms with Crippen LogP contribution in [0.25, 0.3) is 0 Å². The molecule has 0 amide bonds. The van der Waals surface area contributed by atoms with E-state index in [4.69, 9.17) is 0 Å². The Morgan fingerprint density at radius 3 is 2.00 bits per heavy atom. The van der Waals surface area contributed by atoms with E-state index in [0.29, 0.717) is 0 Å². The van der Waals surface area contributed by atoms with Crippen LogP contribution in [0.4, 0.5) is 0 Å². The molecule has 0 bridgehead atoms. The summed E-state index contributed by atoms with van der Waals surface area (Å²) in [6, 6.07) is 8.49. The molecule has 0 spiro atoms. The Hall–Kier alpha value is -0.760. The van der Waals surface area contributed by atoms with Crippen LogP contribution in [0.15, 0.2) is 28.7 Å². The summed E-state index contributed by atoms with van der Waals surface area (Å²) in [6.07, 6.45) is 0. The van der Waals surface area contributed by atoms with Crippen LogP contribution in [0.3, 0.4) is 0 Å². The highest BCUT2D eigenvalue weighted by atomic mass is 32.1. The number of hydrogen-bond acceptors (Lipinski definition) is 2. The predicted molar refractivity (Wildman–Crippen MR) is 66.3 cm³/mol. The van der Waals surface area contributed by atoms with Crippen molar-refractivity contribution in [1.82, 2.24) is 0 Å². The highest BCUT2D eigenvalue weighted by Crippen LogP contribution is 2.22. The lowest BCUT2D eigenvalue weighted by Crippen LogP contribution is -2.11. The maximum Gasteiger partial charge on any atom is 0.0525 e. The molecule has 1 nitrogen and oxygen atoms in total. The van der Waals surface area contributed by atoms with Crippen molar-refractivity contribution in [3.8, 4) is 0 Å². The minimum absolute atomic E-state index is 0.213. The van der Waals surface area contributed by atoms with Crippen molar-refractivity contribution in [3.05, 3.63) is 35.4 Å². The van der Waals surface area contributed by atoms with Gasteiger partial charge in [0.15, 0.2) is 0 Å². The average molecular weight is 207 g/mol. The number of benzene rings is 1. The summed E-state index contributed by atoms with van der Waals surface area (Å²) in [5, 5.41) is 0. The zero-order valence-corrected chi connectivity index (χ0v) is 10.1. The quantitative estimate of drug-likeness (QED) is 0.533. The van der Waals surface area contributed by atoms with Crippen molar-refractivity contribution in [2.45, 2.75) is 33.1 Å². The van der Waals surface area contributed by atoms with Crippen LogP contribution in [0.1, 0.15) is 38.8 Å². The van der Waals surface area contributed by atoms with Crippen LogP contribution in [-0.2, 0) is 5.41 Å². The summed E-state index contributed by atoms with van der Waals surface area (Å²) < 4.78 is 3.86.